The van der Waals surface area contributed by atoms with Crippen LogP contribution < -0.4 is 4.90 Å². The molecule has 0 saturated carbocycles. The van der Waals surface area contributed by atoms with E-state index in [0.29, 0.717) is 0 Å². The molecular formula is C14H20ClNO. The minimum absolute atomic E-state index is 0.0191. The Morgan fingerprint density at radius 1 is 1.41 bits per heavy atom. The standard InChI is InChI=1S/C14H20ClNO/c1-4-5-10-16(14(17)12(3)15)13-9-7-6-8-11(13)2/h6-9,12H,4-5,10H2,1-3H3. The molecule has 1 amide bonds. The fourth-order valence-corrected chi connectivity index (χ4v) is 1.86. The first-order valence-electron chi connectivity index (χ1n) is 6.09. The summed E-state index contributed by atoms with van der Waals surface area (Å²) in [5.74, 6) is -0.0191. The highest BCUT2D eigenvalue weighted by Gasteiger charge is 2.20. The summed E-state index contributed by atoms with van der Waals surface area (Å²) in [6, 6.07) is 7.92. The zero-order chi connectivity index (χ0) is 12.8. The molecular weight excluding hydrogens is 234 g/mol. The third-order valence-corrected chi connectivity index (χ3v) is 2.93. The van der Waals surface area contributed by atoms with E-state index in [1.807, 2.05) is 31.2 Å². The summed E-state index contributed by atoms with van der Waals surface area (Å²) in [7, 11) is 0. The molecule has 1 aromatic carbocycles. The molecule has 0 spiro atoms. The van der Waals surface area contributed by atoms with E-state index < -0.39 is 5.38 Å². The minimum Gasteiger partial charge on any atom is -0.311 e. The largest absolute Gasteiger partial charge is 0.311 e. The van der Waals surface area contributed by atoms with Crippen LogP contribution in [-0.4, -0.2) is 17.8 Å². The Kier molecular flexibility index (Phi) is 5.49. The average molecular weight is 254 g/mol. The maximum atomic E-state index is 12.1. The Balaban J connectivity index is 2.98. The van der Waals surface area contributed by atoms with Crippen LogP contribution in [0, 0.1) is 6.92 Å². The van der Waals surface area contributed by atoms with Crippen molar-refractivity contribution < 1.29 is 4.79 Å². The zero-order valence-corrected chi connectivity index (χ0v) is 11.5. The summed E-state index contributed by atoms with van der Waals surface area (Å²) in [5, 5.41) is -0.480. The first kappa shape index (κ1) is 14.0. The van der Waals surface area contributed by atoms with Crippen LogP contribution in [0.4, 0.5) is 5.69 Å². The maximum Gasteiger partial charge on any atom is 0.244 e. The van der Waals surface area contributed by atoms with Crippen molar-refractivity contribution in [1.29, 1.82) is 0 Å². The van der Waals surface area contributed by atoms with Crippen LogP contribution in [0.3, 0.4) is 0 Å². The van der Waals surface area contributed by atoms with Gasteiger partial charge >= 0.3 is 0 Å². The van der Waals surface area contributed by atoms with Gasteiger partial charge in [0.2, 0.25) is 5.91 Å². The third kappa shape index (κ3) is 3.74. The van der Waals surface area contributed by atoms with Gasteiger partial charge in [-0.25, -0.2) is 0 Å². The van der Waals surface area contributed by atoms with E-state index in [4.69, 9.17) is 11.6 Å². The first-order valence-corrected chi connectivity index (χ1v) is 6.52. The number of carbonyl (C=O) groups is 1. The highest BCUT2D eigenvalue weighted by atomic mass is 35.5. The lowest BCUT2D eigenvalue weighted by Crippen LogP contribution is -2.37. The van der Waals surface area contributed by atoms with Crippen LogP contribution in [0.2, 0.25) is 0 Å². The summed E-state index contributed by atoms with van der Waals surface area (Å²) in [5.41, 5.74) is 2.08. The van der Waals surface area contributed by atoms with Gasteiger partial charge in [0.1, 0.15) is 5.38 Å². The highest BCUT2D eigenvalue weighted by molar-refractivity contribution is 6.32. The van der Waals surface area contributed by atoms with E-state index >= 15 is 0 Å². The monoisotopic (exact) mass is 253 g/mol. The van der Waals surface area contributed by atoms with E-state index in [0.717, 1.165) is 30.6 Å². The van der Waals surface area contributed by atoms with Gasteiger partial charge in [-0.3, -0.25) is 4.79 Å². The number of hydrogen-bond acceptors (Lipinski definition) is 1. The van der Waals surface area contributed by atoms with Crippen molar-refractivity contribution in [1.82, 2.24) is 0 Å². The molecule has 0 saturated heterocycles. The number of amides is 1. The molecule has 17 heavy (non-hydrogen) atoms. The maximum absolute atomic E-state index is 12.1. The molecule has 0 N–H and O–H groups in total. The molecule has 1 unspecified atom stereocenters. The molecule has 3 heteroatoms. The number of benzene rings is 1. The lowest BCUT2D eigenvalue weighted by molar-refractivity contribution is -0.118. The second-order valence-corrected chi connectivity index (χ2v) is 4.90. The number of para-hydroxylation sites is 1. The molecule has 0 aliphatic heterocycles. The smallest absolute Gasteiger partial charge is 0.244 e. The van der Waals surface area contributed by atoms with Gasteiger partial charge in [0.25, 0.3) is 0 Å². The summed E-state index contributed by atoms with van der Waals surface area (Å²) in [4.78, 5) is 13.9. The summed E-state index contributed by atoms with van der Waals surface area (Å²) in [6.07, 6.45) is 2.05. The molecule has 0 radical (unpaired) electrons. The molecule has 0 aliphatic rings. The van der Waals surface area contributed by atoms with Gasteiger partial charge in [0, 0.05) is 12.2 Å². The first-order chi connectivity index (χ1) is 8.07. The quantitative estimate of drug-likeness (QED) is 0.732. The van der Waals surface area contributed by atoms with E-state index in [1.165, 1.54) is 0 Å². The summed E-state index contributed by atoms with van der Waals surface area (Å²) < 4.78 is 0. The molecule has 1 aromatic rings. The van der Waals surface area contributed by atoms with Crippen LogP contribution in [0.5, 0.6) is 0 Å². The van der Waals surface area contributed by atoms with Crippen molar-refractivity contribution >= 4 is 23.2 Å². The van der Waals surface area contributed by atoms with E-state index in [2.05, 4.69) is 6.92 Å². The van der Waals surface area contributed by atoms with Gasteiger partial charge in [-0.1, -0.05) is 31.5 Å². The van der Waals surface area contributed by atoms with Crippen molar-refractivity contribution in [2.45, 2.75) is 39.0 Å². The topological polar surface area (TPSA) is 20.3 Å². The molecule has 0 aliphatic carbocycles. The number of nitrogens with zero attached hydrogens (tertiary/aromatic N) is 1. The highest BCUT2D eigenvalue weighted by Crippen LogP contribution is 2.21. The van der Waals surface area contributed by atoms with Gasteiger partial charge in [-0.2, -0.15) is 0 Å². The Morgan fingerprint density at radius 2 is 2.06 bits per heavy atom. The predicted octanol–water partition coefficient (Wildman–Crippen LogP) is 3.76. The molecule has 0 bridgehead atoms. The molecule has 0 fully saturated rings. The molecule has 2 nitrogen and oxygen atoms in total. The van der Waals surface area contributed by atoms with Gasteiger partial charge in [0.15, 0.2) is 0 Å². The Morgan fingerprint density at radius 3 is 2.59 bits per heavy atom. The van der Waals surface area contributed by atoms with Crippen molar-refractivity contribution in [2.75, 3.05) is 11.4 Å². The lowest BCUT2D eigenvalue weighted by Gasteiger charge is -2.25. The minimum atomic E-state index is -0.480. The van der Waals surface area contributed by atoms with Gasteiger partial charge in [-0.05, 0) is 31.9 Å². The molecule has 1 atom stereocenters. The molecule has 1 rings (SSSR count). The average Bonchev–Trinajstić information content (AvgIpc) is 2.31. The van der Waals surface area contributed by atoms with Crippen LogP contribution in [0.1, 0.15) is 32.3 Å². The Bertz CT molecular complexity index is 376. The van der Waals surface area contributed by atoms with Crippen LogP contribution in [-0.2, 0) is 4.79 Å². The fourth-order valence-electron chi connectivity index (χ4n) is 1.75. The number of halogens is 1. The van der Waals surface area contributed by atoms with Crippen molar-refractivity contribution in [3.05, 3.63) is 29.8 Å². The second-order valence-electron chi connectivity index (χ2n) is 4.25. The zero-order valence-electron chi connectivity index (χ0n) is 10.7. The Hall–Kier alpha value is -1.02. The van der Waals surface area contributed by atoms with Gasteiger partial charge < -0.3 is 4.90 Å². The van der Waals surface area contributed by atoms with Crippen molar-refractivity contribution in [3.63, 3.8) is 0 Å². The third-order valence-electron chi connectivity index (χ3n) is 2.75. The number of aryl methyl sites for hydroxylation is 1. The fraction of sp³-hybridized carbons (Fsp3) is 0.500. The molecule has 94 valence electrons. The number of carbonyl (C=O) groups excluding carboxylic acids is 1. The Labute approximate surface area is 109 Å². The number of alkyl halides is 1. The SMILES string of the molecule is CCCCN(C(=O)C(C)Cl)c1ccccc1C. The predicted molar refractivity (Wildman–Crippen MR) is 73.8 cm³/mol. The summed E-state index contributed by atoms with van der Waals surface area (Å²) in [6.45, 7) is 6.59. The number of hydrogen-bond donors (Lipinski definition) is 0. The normalized spacial score (nSPS) is 12.2. The van der Waals surface area contributed by atoms with E-state index in [9.17, 15) is 4.79 Å². The van der Waals surface area contributed by atoms with Crippen LogP contribution in [0.25, 0.3) is 0 Å². The summed E-state index contributed by atoms with van der Waals surface area (Å²) >= 11 is 5.91. The number of anilines is 1. The number of unbranched alkanes of at least 4 members (excludes halogenated alkanes) is 1. The van der Waals surface area contributed by atoms with Crippen LogP contribution >= 0.6 is 11.6 Å². The van der Waals surface area contributed by atoms with Crippen molar-refractivity contribution in [2.24, 2.45) is 0 Å². The van der Waals surface area contributed by atoms with E-state index in [-0.39, 0.29) is 5.91 Å². The van der Waals surface area contributed by atoms with Crippen molar-refractivity contribution in [3.8, 4) is 0 Å². The molecule has 0 heterocycles. The van der Waals surface area contributed by atoms with Gasteiger partial charge in [0.05, 0.1) is 0 Å². The second kappa shape index (κ2) is 6.65. The lowest BCUT2D eigenvalue weighted by atomic mass is 10.1. The number of rotatable bonds is 5. The van der Waals surface area contributed by atoms with Crippen LogP contribution in [0.15, 0.2) is 24.3 Å². The molecule has 0 aromatic heterocycles. The van der Waals surface area contributed by atoms with E-state index in [1.54, 1.807) is 11.8 Å². The van der Waals surface area contributed by atoms with Gasteiger partial charge in [-0.15, -0.1) is 11.6 Å².